The molecule has 1 aliphatic carbocycles. The summed E-state index contributed by atoms with van der Waals surface area (Å²) < 4.78 is 21.1. The van der Waals surface area contributed by atoms with Gasteiger partial charge in [0, 0.05) is 24.7 Å². The third kappa shape index (κ3) is 3.93. The van der Waals surface area contributed by atoms with Gasteiger partial charge in [0.15, 0.2) is 0 Å². The number of carbonyl (C=O) groups excluding carboxylic acids is 1. The fourth-order valence-corrected chi connectivity index (χ4v) is 4.94. The number of imidazole rings is 1. The van der Waals surface area contributed by atoms with Crippen LogP contribution < -0.4 is 4.74 Å². The highest BCUT2D eigenvalue weighted by molar-refractivity contribution is 5.99. The molecule has 6 nitrogen and oxygen atoms in total. The predicted octanol–water partition coefficient (Wildman–Crippen LogP) is 3.99. The lowest BCUT2D eigenvalue weighted by Crippen LogP contribution is -2.42. The Morgan fingerprint density at radius 2 is 2.09 bits per heavy atom. The minimum atomic E-state index is -0.733. The summed E-state index contributed by atoms with van der Waals surface area (Å²) in [6.07, 6.45) is 6.66. The smallest absolute Gasteiger partial charge is 0.250 e. The minimum absolute atomic E-state index is 0.0873. The molecule has 0 unspecified atom stereocenters. The summed E-state index contributed by atoms with van der Waals surface area (Å²) in [5.41, 5.74) is 4.94. The molecule has 0 radical (unpaired) electrons. The number of likely N-dealkylation sites (tertiary alicyclic amines) is 1. The summed E-state index contributed by atoms with van der Waals surface area (Å²) in [5, 5.41) is 10.7. The molecule has 7 heteroatoms. The maximum Gasteiger partial charge on any atom is 0.250 e. The van der Waals surface area contributed by atoms with Gasteiger partial charge in [-0.1, -0.05) is 12.1 Å². The van der Waals surface area contributed by atoms with Crippen molar-refractivity contribution in [2.75, 3.05) is 13.7 Å². The number of aromatic nitrogens is 2. The van der Waals surface area contributed by atoms with Crippen molar-refractivity contribution >= 4 is 12.0 Å². The van der Waals surface area contributed by atoms with Crippen LogP contribution in [0.1, 0.15) is 41.3 Å². The van der Waals surface area contributed by atoms with E-state index in [9.17, 15) is 14.3 Å². The van der Waals surface area contributed by atoms with E-state index < -0.39 is 12.1 Å². The molecule has 3 aromatic rings. The van der Waals surface area contributed by atoms with Gasteiger partial charge in [0.25, 0.3) is 0 Å². The maximum atomic E-state index is 13.7. The number of rotatable bonds is 4. The zero-order valence-corrected chi connectivity index (χ0v) is 18.7. The van der Waals surface area contributed by atoms with Crippen molar-refractivity contribution < 1.29 is 19.0 Å². The van der Waals surface area contributed by atoms with Gasteiger partial charge in [-0.05, 0) is 66.8 Å². The minimum Gasteiger partial charge on any atom is -0.495 e. The number of amides is 1. The molecule has 33 heavy (non-hydrogen) atoms. The maximum absolute atomic E-state index is 13.7. The zero-order valence-electron chi connectivity index (χ0n) is 18.7. The molecule has 0 spiro atoms. The van der Waals surface area contributed by atoms with Gasteiger partial charge in [-0.25, -0.2) is 9.37 Å². The van der Waals surface area contributed by atoms with Crippen LogP contribution in [0.2, 0.25) is 0 Å². The van der Waals surface area contributed by atoms with Crippen LogP contribution in [0.3, 0.4) is 0 Å². The summed E-state index contributed by atoms with van der Waals surface area (Å²) in [6.45, 7) is 2.50. The second-order valence-corrected chi connectivity index (χ2v) is 8.68. The van der Waals surface area contributed by atoms with Crippen LogP contribution in [0.5, 0.6) is 5.75 Å². The standard InChI is InChI=1S/C26H26FN3O3/c1-16-14-29(15-28-16)22-8-5-17(11-24(22)33-2)10-18-4-3-9-30(26(18)32)25-21-7-6-20(27)12-19(21)13-23(25)31/h5-8,10-12,14-15,23,25,31H,3-4,9,13H2,1-2H3/b18-10+/t23-,25+/m0/s1. The van der Waals surface area contributed by atoms with Gasteiger partial charge < -0.3 is 19.3 Å². The van der Waals surface area contributed by atoms with E-state index in [0.717, 1.165) is 34.5 Å². The Hall–Kier alpha value is -3.45. The second-order valence-electron chi connectivity index (χ2n) is 8.68. The molecule has 1 saturated heterocycles. The van der Waals surface area contributed by atoms with E-state index in [1.165, 1.54) is 12.1 Å². The normalized spacial score (nSPS) is 21.5. The molecule has 170 valence electrons. The van der Waals surface area contributed by atoms with Crippen LogP contribution in [0.15, 0.2) is 54.5 Å². The fourth-order valence-electron chi connectivity index (χ4n) is 4.94. The zero-order chi connectivity index (χ0) is 23.1. The quantitative estimate of drug-likeness (QED) is 0.614. The van der Waals surface area contributed by atoms with Crippen molar-refractivity contribution in [3.05, 3.63) is 82.7 Å². The second kappa shape index (κ2) is 8.48. The van der Waals surface area contributed by atoms with Gasteiger partial charge in [0.1, 0.15) is 11.6 Å². The number of nitrogens with zero attached hydrogens (tertiary/aromatic N) is 3. The average molecular weight is 448 g/mol. The van der Waals surface area contributed by atoms with Gasteiger partial charge in [0.2, 0.25) is 5.91 Å². The van der Waals surface area contributed by atoms with Gasteiger partial charge in [0.05, 0.1) is 37.0 Å². The van der Waals surface area contributed by atoms with Crippen molar-refractivity contribution in [2.45, 2.75) is 38.3 Å². The van der Waals surface area contributed by atoms with Crippen LogP contribution in [-0.4, -0.2) is 45.2 Å². The third-order valence-corrected chi connectivity index (χ3v) is 6.47. The number of piperidine rings is 1. The molecule has 0 bridgehead atoms. The van der Waals surface area contributed by atoms with Gasteiger partial charge in [-0.3, -0.25) is 4.79 Å². The van der Waals surface area contributed by atoms with Crippen molar-refractivity contribution in [1.29, 1.82) is 0 Å². The SMILES string of the molecule is COc1cc(/C=C2\CCCN([C@@H]3c4ccc(F)cc4C[C@@H]3O)C2=O)ccc1-n1cnc(C)c1. The number of methoxy groups -OCH3 is 1. The van der Waals surface area contributed by atoms with Gasteiger partial charge >= 0.3 is 0 Å². The lowest BCUT2D eigenvalue weighted by molar-refractivity contribution is -0.133. The molecule has 2 aliphatic rings. The van der Waals surface area contributed by atoms with E-state index >= 15 is 0 Å². The number of hydrogen-bond acceptors (Lipinski definition) is 4. The molecule has 5 rings (SSSR count). The van der Waals surface area contributed by atoms with Crippen molar-refractivity contribution in [2.24, 2.45) is 0 Å². The summed E-state index contributed by atoms with van der Waals surface area (Å²) in [6, 6.07) is 9.91. The molecular weight excluding hydrogens is 421 g/mol. The van der Waals surface area contributed by atoms with Crippen LogP contribution in [0.25, 0.3) is 11.8 Å². The largest absolute Gasteiger partial charge is 0.495 e. The summed E-state index contributed by atoms with van der Waals surface area (Å²) in [7, 11) is 1.62. The Labute approximate surface area is 191 Å². The van der Waals surface area contributed by atoms with Crippen molar-refractivity contribution in [1.82, 2.24) is 14.5 Å². The molecule has 0 saturated carbocycles. The van der Waals surface area contributed by atoms with E-state index in [1.807, 2.05) is 42.0 Å². The number of benzene rings is 2. The fraction of sp³-hybridized carbons (Fsp3) is 0.308. The Morgan fingerprint density at radius 1 is 1.24 bits per heavy atom. The Balaban J connectivity index is 1.44. The molecule has 2 aromatic carbocycles. The van der Waals surface area contributed by atoms with E-state index in [-0.39, 0.29) is 11.7 Å². The van der Waals surface area contributed by atoms with Crippen molar-refractivity contribution in [3.8, 4) is 11.4 Å². The highest BCUT2D eigenvalue weighted by atomic mass is 19.1. The Bertz CT molecular complexity index is 1250. The lowest BCUT2D eigenvalue weighted by Gasteiger charge is -2.35. The average Bonchev–Trinajstić information content (AvgIpc) is 3.37. The summed E-state index contributed by atoms with van der Waals surface area (Å²) >= 11 is 0. The first-order valence-corrected chi connectivity index (χ1v) is 11.1. The van der Waals surface area contributed by atoms with E-state index in [4.69, 9.17) is 4.74 Å². The molecule has 2 atom stereocenters. The first-order chi connectivity index (χ1) is 15.9. The van der Waals surface area contributed by atoms with E-state index in [1.54, 1.807) is 24.4 Å². The lowest BCUT2D eigenvalue weighted by atomic mass is 9.96. The monoisotopic (exact) mass is 447 g/mol. The number of hydrogen-bond donors (Lipinski definition) is 1. The molecule has 2 heterocycles. The predicted molar refractivity (Wildman–Crippen MR) is 123 cm³/mol. The first-order valence-electron chi connectivity index (χ1n) is 11.1. The molecule has 1 aromatic heterocycles. The number of fused-ring (bicyclic) bond motifs is 1. The van der Waals surface area contributed by atoms with Crippen LogP contribution in [0.4, 0.5) is 4.39 Å². The number of aliphatic hydroxyl groups excluding tert-OH is 1. The van der Waals surface area contributed by atoms with Crippen LogP contribution in [-0.2, 0) is 11.2 Å². The Morgan fingerprint density at radius 3 is 2.85 bits per heavy atom. The molecule has 1 N–H and O–H groups in total. The number of aliphatic hydroxyl groups is 1. The first kappa shape index (κ1) is 21.4. The molecule has 1 fully saturated rings. The van der Waals surface area contributed by atoms with Gasteiger partial charge in [-0.2, -0.15) is 0 Å². The number of carbonyl (C=O) groups is 1. The topological polar surface area (TPSA) is 67.6 Å². The Kier molecular flexibility index (Phi) is 5.50. The number of aryl methyl sites for hydroxylation is 1. The molecule has 1 aliphatic heterocycles. The van der Waals surface area contributed by atoms with E-state index in [0.29, 0.717) is 30.7 Å². The molecule has 1 amide bonds. The highest BCUT2D eigenvalue weighted by Crippen LogP contribution is 2.39. The van der Waals surface area contributed by atoms with Crippen LogP contribution >= 0.6 is 0 Å². The summed E-state index contributed by atoms with van der Waals surface area (Å²) in [4.78, 5) is 19.4. The van der Waals surface area contributed by atoms with Gasteiger partial charge in [-0.15, -0.1) is 0 Å². The number of halogens is 1. The van der Waals surface area contributed by atoms with Crippen LogP contribution in [0, 0.1) is 12.7 Å². The molecular formula is C26H26FN3O3. The highest BCUT2D eigenvalue weighted by Gasteiger charge is 2.39. The van der Waals surface area contributed by atoms with E-state index in [2.05, 4.69) is 4.98 Å². The third-order valence-electron chi connectivity index (χ3n) is 6.47. The summed E-state index contributed by atoms with van der Waals surface area (Å²) in [5.74, 6) is 0.273. The number of ether oxygens (including phenoxy) is 1. The van der Waals surface area contributed by atoms with Crippen molar-refractivity contribution in [3.63, 3.8) is 0 Å².